The Morgan fingerprint density at radius 3 is 1.89 bits per heavy atom. The van der Waals surface area contributed by atoms with Crippen molar-refractivity contribution >= 4 is 45.7 Å². The van der Waals surface area contributed by atoms with Gasteiger partial charge < -0.3 is 31.2 Å². The number of morpholine rings is 1. The average Bonchev–Trinajstić information content (AvgIpc) is 3.25. The zero-order chi connectivity index (χ0) is 44.6. The van der Waals surface area contributed by atoms with E-state index in [1.165, 1.54) is 23.9 Å². The van der Waals surface area contributed by atoms with Gasteiger partial charge in [0.15, 0.2) is 0 Å². The Balaban J connectivity index is 1.39. The molecule has 1 aliphatic heterocycles. The molecule has 62 heavy (non-hydrogen) atoms. The average molecular weight is 886 g/mol. The number of alkyl carbamates (subject to hydrolysis) is 1. The van der Waals surface area contributed by atoms with Crippen LogP contribution in [-0.4, -0.2) is 107 Å². The van der Waals surface area contributed by atoms with E-state index in [-0.39, 0.29) is 36.0 Å². The Morgan fingerprint density at radius 2 is 1.35 bits per heavy atom. The summed E-state index contributed by atoms with van der Waals surface area (Å²) in [6.45, 7) is 10.8. The van der Waals surface area contributed by atoms with Crippen LogP contribution in [0.4, 0.5) is 4.79 Å². The van der Waals surface area contributed by atoms with E-state index in [0.717, 1.165) is 35.3 Å². The van der Waals surface area contributed by atoms with Gasteiger partial charge in [-0.25, -0.2) is 17.9 Å². The first kappa shape index (κ1) is 47.6. The minimum Gasteiger partial charge on any atom is -0.444 e. The van der Waals surface area contributed by atoms with Crippen molar-refractivity contribution in [3.63, 3.8) is 0 Å². The monoisotopic (exact) mass is 885 g/mol. The Hall–Kier alpha value is -5.42. The highest BCUT2D eigenvalue weighted by Crippen LogP contribution is 2.48. The van der Waals surface area contributed by atoms with Gasteiger partial charge >= 0.3 is 6.09 Å². The van der Waals surface area contributed by atoms with Crippen LogP contribution in [0.5, 0.6) is 0 Å². The third-order valence-electron chi connectivity index (χ3n) is 9.98. The number of benzene rings is 4. The summed E-state index contributed by atoms with van der Waals surface area (Å²) in [5.41, 5.74) is 8.96. The van der Waals surface area contributed by atoms with Gasteiger partial charge in [0.2, 0.25) is 17.8 Å². The van der Waals surface area contributed by atoms with Crippen LogP contribution >= 0.6 is 11.8 Å². The molecule has 3 amide bonds. The van der Waals surface area contributed by atoms with Crippen LogP contribution < -0.4 is 26.4 Å². The highest BCUT2D eigenvalue weighted by Gasteiger charge is 2.39. The number of nitrogens with two attached hydrogens (primary N) is 1. The molecule has 4 aromatic carbocycles. The molecule has 16 heteroatoms. The number of nitrogens with zero attached hydrogens (tertiary/aromatic N) is 2. The van der Waals surface area contributed by atoms with E-state index >= 15 is 0 Å². The third kappa shape index (κ3) is 14.1. The molecule has 0 aliphatic carbocycles. The molecular weight excluding hydrogens is 827 g/mol. The number of thioether (sulfide) groups is 1. The lowest BCUT2D eigenvalue weighted by Gasteiger charge is -2.36. The van der Waals surface area contributed by atoms with Gasteiger partial charge in [-0.3, -0.25) is 19.5 Å². The number of hydrogen-bond acceptors (Lipinski definition) is 10. The van der Waals surface area contributed by atoms with E-state index in [9.17, 15) is 22.8 Å². The van der Waals surface area contributed by atoms with Gasteiger partial charge in [0, 0.05) is 38.5 Å². The van der Waals surface area contributed by atoms with E-state index in [0.29, 0.717) is 26.3 Å². The Labute approximate surface area is 369 Å². The molecule has 1 aliphatic rings. The summed E-state index contributed by atoms with van der Waals surface area (Å²) < 4.78 is 38.3. The zero-order valence-electron chi connectivity index (χ0n) is 35.8. The second kappa shape index (κ2) is 22.6. The molecule has 0 bridgehead atoms. The first-order chi connectivity index (χ1) is 29.7. The third-order valence-corrected chi connectivity index (χ3v) is 13.0. The molecule has 1 saturated heterocycles. The van der Waals surface area contributed by atoms with Gasteiger partial charge in [-0.1, -0.05) is 109 Å². The molecule has 5 rings (SSSR count). The van der Waals surface area contributed by atoms with Gasteiger partial charge in [-0.15, -0.1) is 11.8 Å². The summed E-state index contributed by atoms with van der Waals surface area (Å²) in [7, 11) is -3.96. The zero-order valence-corrected chi connectivity index (χ0v) is 37.5. The molecule has 0 unspecified atom stereocenters. The normalized spacial score (nSPS) is 14.9. The number of carbonyl (C=O) groups is 3. The van der Waals surface area contributed by atoms with Gasteiger partial charge in [0.25, 0.3) is 10.0 Å². The molecular formula is C46H59N7O7S2. The maximum atomic E-state index is 14.5. The molecule has 4 aromatic rings. The molecule has 0 aromatic heterocycles. The van der Waals surface area contributed by atoms with Crippen LogP contribution in [0.15, 0.2) is 125 Å². The van der Waals surface area contributed by atoms with E-state index < -0.39 is 50.4 Å². The second-order valence-electron chi connectivity index (χ2n) is 15.9. The van der Waals surface area contributed by atoms with Crippen molar-refractivity contribution in [1.82, 2.24) is 25.6 Å². The predicted molar refractivity (Wildman–Crippen MR) is 244 cm³/mol. The molecule has 0 spiro atoms. The minimum absolute atomic E-state index is 0.0408. The van der Waals surface area contributed by atoms with Gasteiger partial charge in [-0.05, 0) is 69.4 Å². The molecule has 1 fully saturated rings. The van der Waals surface area contributed by atoms with Crippen molar-refractivity contribution in [1.29, 1.82) is 0 Å². The smallest absolute Gasteiger partial charge is 0.408 e. The van der Waals surface area contributed by atoms with E-state index in [1.54, 1.807) is 32.9 Å². The standard InChI is InChI=1S/C46H59N7O7S2/c1-34-22-24-38(25-23-34)62(57,58)52-43(47)49-26-14-21-39(41(54)48-27-28-53-29-31-59-32-30-53)50-42(55)40(51-44(56)60-45(2,3)4)33-61-46(35-15-8-5-9-16-35,36-17-10-6-11-18-36)37-19-12-7-13-20-37/h5-13,15-20,22-25,39-40H,14,21,26-33H2,1-4H3,(H,48,54)(H,50,55)(H,51,56)(H3,47,49,52)/t39-,40-/m0/s1. The fourth-order valence-corrected chi connectivity index (χ4v) is 9.39. The quantitative estimate of drug-likeness (QED) is 0.0374. The first-order valence-electron chi connectivity index (χ1n) is 20.7. The molecule has 332 valence electrons. The summed E-state index contributed by atoms with van der Waals surface area (Å²) in [6, 6.07) is 34.1. The van der Waals surface area contributed by atoms with E-state index in [1.807, 2.05) is 97.9 Å². The van der Waals surface area contributed by atoms with Crippen LogP contribution in [0.25, 0.3) is 0 Å². The van der Waals surface area contributed by atoms with Crippen molar-refractivity contribution in [2.75, 3.05) is 51.7 Å². The number of aryl methyl sites for hydroxylation is 1. The number of amides is 3. The van der Waals surface area contributed by atoms with E-state index in [4.69, 9.17) is 15.2 Å². The summed E-state index contributed by atoms with van der Waals surface area (Å²) in [5, 5.41) is 8.69. The lowest BCUT2D eigenvalue weighted by Crippen LogP contribution is -2.55. The fraction of sp³-hybridized carbons (Fsp3) is 0.391. The molecule has 1 heterocycles. The van der Waals surface area contributed by atoms with Gasteiger partial charge in [0.05, 0.1) is 22.9 Å². The number of sulfonamides is 1. The number of aliphatic imine (C=N–C) groups is 1. The summed E-state index contributed by atoms with van der Waals surface area (Å²) in [4.78, 5) is 48.3. The molecule has 0 radical (unpaired) electrons. The maximum absolute atomic E-state index is 14.5. The molecule has 6 N–H and O–H groups in total. The summed E-state index contributed by atoms with van der Waals surface area (Å²) >= 11 is 1.48. The predicted octanol–water partition coefficient (Wildman–Crippen LogP) is 4.92. The molecule has 14 nitrogen and oxygen atoms in total. The van der Waals surface area contributed by atoms with Crippen molar-refractivity contribution < 1.29 is 32.3 Å². The highest BCUT2D eigenvalue weighted by molar-refractivity contribution is 8.00. The fourth-order valence-electron chi connectivity index (χ4n) is 6.88. The molecule has 0 saturated carbocycles. The first-order valence-corrected chi connectivity index (χ1v) is 23.2. The summed E-state index contributed by atoms with van der Waals surface area (Å²) in [5.74, 6) is -1.23. The second-order valence-corrected chi connectivity index (χ2v) is 18.8. The van der Waals surface area contributed by atoms with Crippen LogP contribution in [0, 0.1) is 6.92 Å². The minimum atomic E-state index is -3.96. The Bertz CT molecular complexity index is 2090. The van der Waals surface area contributed by atoms with Crippen molar-refractivity contribution in [2.24, 2.45) is 10.7 Å². The van der Waals surface area contributed by atoms with Crippen LogP contribution in [-0.2, 0) is 33.8 Å². The van der Waals surface area contributed by atoms with Crippen molar-refractivity contribution in [3.8, 4) is 0 Å². The number of carbonyl (C=O) groups excluding carboxylic acids is 3. The SMILES string of the molecule is Cc1ccc(S(=O)(=O)NC(N)=NCCC[C@H](NC(=O)[C@H](CSC(c2ccccc2)(c2ccccc2)c2ccccc2)NC(=O)OC(C)(C)C)C(=O)NCCN2CCOCC2)cc1. The largest absolute Gasteiger partial charge is 0.444 e. The van der Waals surface area contributed by atoms with Crippen molar-refractivity contribution in [3.05, 3.63) is 138 Å². The summed E-state index contributed by atoms with van der Waals surface area (Å²) in [6.07, 6.45) is -0.398. The number of ether oxygens (including phenoxy) is 2. The van der Waals surface area contributed by atoms with Gasteiger partial charge in [0.1, 0.15) is 17.7 Å². The van der Waals surface area contributed by atoms with E-state index in [2.05, 4.69) is 30.6 Å². The Kier molecular flexibility index (Phi) is 17.4. The topological polar surface area (TPSA) is 194 Å². The number of nitrogens with one attached hydrogen (secondary N) is 4. The number of guanidine groups is 1. The maximum Gasteiger partial charge on any atom is 0.408 e. The van der Waals surface area contributed by atoms with Crippen molar-refractivity contribution in [2.45, 2.75) is 67.9 Å². The lowest BCUT2D eigenvalue weighted by molar-refractivity contribution is -0.130. The Morgan fingerprint density at radius 1 is 0.806 bits per heavy atom. The highest BCUT2D eigenvalue weighted by atomic mass is 32.2. The van der Waals surface area contributed by atoms with Crippen LogP contribution in [0.1, 0.15) is 55.9 Å². The number of hydrogen-bond donors (Lipinski definition) is 5. The van der Waals surface area contributed by atoms with Crippen LogP contribution in [0.2, 0.25) is 0 Å². The number of rotatable bonds is 19. The van der Waals surface area contributed by atoms with Crippen LogP contribution in [0.3, 0.4) is 0 Å². The van der Waals surface area contributed by atoms with Gasteiger partial charge in [-0.2, -0.15) is 0 Å². The lowest BCUT2D eigenvalue weighted by atomic mass is 9.84. The molecule has 2 atom stereocenters.